The van der Waals surface area contributed by atoms with Gasteiger partial charge in [0, 0.05) is 45.6 Å². The fourth-order valence-electron chi connectivity index (χ4n) is 4.75. The second kappa shape index (κ2) is 12.0. The number of alkyl carbamates (subject to hydrolysis) is 1. The Morgan fingerprint density at radius 2 is 1.95 bits per heavy atom. The van der Waals surface area contributed by atoms with Crippen LogP contribution in [-0.4, -0.2) is 41.4 Å². The number of hydrogen-bond donors (Lipinski definition) is 4. The summed E-state index contributed by atoms with van der Waals surface area (Å²) in [5, 5.41) is 28.5. The number of benzene rings is 3. The smallest absolute Gasteiger partial charge is 0.408 e. The quantitative estimate of drug-likeness (QED) is 0.157. The molecule has 3 aromatic carbocycles. The molecule has 0 radical (unpaired) electrons. The maximum Gasteiger partial charge on any atom is 0.408 e. The summed E-state index contributed by atoms with van der Waals surface area (Å²) >= 11 is 12.8. The van der Waals surface area contributed by atoms with Gasteiger partial charge in [0.25, 0.3) is 0 Å². The third-order valence-electron chi connectivity index (χ3n) is 6.75. The number of halogens is 2. The van der Waals surface area contributed by atoms with Crippen molar-refractivity contribution in [1.29, 1.82) is 0 Å². The number of carbonyl (C=O) groups excluding carboxylic acids is 1. The van der Waals surface area contributed by atoms with Gasteiger partial charge in [-0.3, -0.25) is 0 Å². The maximum absolute atomic E-state index is 13.1. The third kappa shape index (κ3) is 6.22. The van der Waals surface area contributed by atoms with E-state index in [9.17, 15) is 9.90 Å². The van der Waals surface area contributed by atoms with Gasteiger partial charge in [0.2, 0.25) is 0 Å². The van der Waals surface area contributed by atoms with Crippen LogP contribution in [0, 0.1) is 0 Å². The lowest BCUT2D eigenvalue weighted by Crippen LogP contribution is -2.31. The highest BCUT2D eigenvalue weighted by atomic mass is 35.5. The first-order valence-corrected chi connectivity index (χ1v) is 13.9. The van der Waals surface area contributed by atoms with E-state index in [1.54, 1.807) is 30.3 Å². The van der Waals surface area contributed by atoms with Crippen LogP contribution in [0.4, 0.5) is 10.5 Å². The van der Waals surface area contributed by atoms with Gasteiger partial charge in [-0.2, -0.15) is 0 Å². The number of imidazole rings is 1. The Kier molecular flexibility index (Phi) is 7.82. The van der Waals surface area contributed by atoms with E-state index in [4.69, 9.17) is 32.9 Å². The van der Waals surface area contributed by atoms with Crippen LogP contribution >= 0.6 is 23.2 Å². The first-order chi connectivity index (χ1) is 20.8. The molecule has 216 valence electrons. The molecule has 0 fully saturated rings. The Morgan fingerprint density at radius 1 is 1.12 bits per heavy atom. The number of amides is 1. The molecule has 0 unspecified atom stereocenters. The van der Waals surface area contributed by atoms with Gasteiger partial charge in [0.15, 0.2) is 0 Å². The van der Waals surface area contributed by atoms with Gasteiger partial charge in [0.05, 0.1) is 11.7 Å². The molecule has 11 nitrogen and oxygen atoms in total. The van der Waals surface area contributed by atoms with Crippen molar-refractivity contribution in [1.82, 2.24) is 35.5 Å². The van der Waals surface area contributed by atoms with E-state index in [1.165, 1.54) is 11.0 Å². The number of fused-ring (bicyclic) bond motifs is 1. The minimum atomic E-state index is -0.673. The molecule has 43 heavy (non-hydrogen) atoms. The van der Waals surface area contributed by atoms with Gasteiger partial charge in [0.1, 0.15) is 35.4 Å². The second-order valence-corrected chi connectivity index (χ2v) is 10.5. The molecule has 6 rings (SSSR count). The number of rotatable bonds is 8. The first kappa shape index (κ1) is 28.0. The average Bonchev–Trinajstić information content (AvgIpc) is 3.66. The zero-order valence-corrected chi connectivity index (χ0v) is 24.0. The summed E-state index contributed by atoms with van der Waals surface area (Å²) < 4.78 is 7.06. The molecule has 1 aliphatic rings. The summed E-state index contributed by atoms with van der Waals surface area (Å²) in [7, 11) is 0. The van der Waals surface area contributed by atoms with Gasteiger partial charge in [-0.25, -0.2) is 14.5 Å². The number of nitrogens with one attached hydrogen (secondary N) is 3. The number of ether oxygens (including phenoxy) is 1. The Morgan fingerprint density at radius 3 is 2.74 bits per heavy atom. The van der Waals surface area contributed by atoms with Crippen molar-refractivity contribution in [2.75, 3.05) is 5.32 Å². The first-order valence-electron chi connectivity index (χ1n) is 13.1. The van der Waals surface area contributed by atoms with Crippen molar-refractivity contribution in [3.8, 4) is 16.9 Å². The van der Waals surface area contributed by atoms with E-state index in [0.717, 1.165) is 11.3 Å². The summed E-state index contributed by atoms with van der Waals surface area (Å²) in [6.07, 6.45) is 2.72. The Hall–Kier alpha value is -5.13. The van der Waals surface area contributed by atoms with E-state index >= 15 is 0 Å². The van der Waals surface area contributed by atoms with Crippen molar-refractivity contribution in [3.63, 3.8) is 0 Å². The van der Waals surface area contributed by atoms with Crippen LogP contribution in [0.3, 0.4) is 0 Å². The monoisotopic (exact) mass is 614 g/mol. The summed E-state index contributed by atoms with van der Waals surface area (Å²) in [4.78, 5) is 21.0. The number of aromatic nitrogens is 6. The number of tetrazole rings is 1. The molecular formula is C30H24Cl2N8O3. The molecule has 5 aromatic rings. The van der Waals surface area contributed by atoms with E-state index in [2.05, 4.69) is 37.7 Å². The molecular weight excluding hydrogens is 591 g/mol. The number of aliphatic hydroxyl groups excluding tert-OH is 1. The Balaban J connectivity index is 1.25. The molecule has 0 saturated carbocycles. The molecule has 3 heterocycles. The van der Waals surface area contributed by atoms with Gasteiger partial charge in [-0.1, -0.05) is 66.2 Å². The van der Waals surface area contributed by atoms with E-state index in [1.807, 2.05) is 42.5 Å². The summed E-state index contributed by atoms with van der Waals surface area (Å²) in [6, 6.07) is 19.6. The highest BCUT2D eigenvalue weighted by molar-refractivity contribution is 6.32. The SMILES string of the molecule is C=C1C=C(O)c2cc(-c3nc([C@H](Cc4ccccc4)NC(=O)OCc4cc(Cl)ccc4-n4cnnn4)[nH]c3Cl)ccc2N1. The zero-order chi connectivity index (χ0) is 29.9. The van der Waals surface area contributed by atoms with Crippen molar-refractivity contribution in [3.05, 3.63) is 124 Å². The molecule has 1 amide bonds. The standard InChI is InChI=1S/C30H24Cl2N8O3/c1-17-11-26(41)22-14-19(7-9-23(22)34-17)27-28(32)37-29(36-27)24(12-18-5-3-2-4-6-18)35-30(42)43-15-20-13-21(31)8-10-25(20)40-16-33-38-39-40/h2-11,13-14,16,24,34,41H,1,12,15H2,(H,35,42)(H,36,37)/t24-/m0/s1. The van der Waals surface area contributed by atoms with E-state index < -0.39 is 12.1 Å². The number of nitrogens with zero attached hydrogens (tertiary/aromatic N) is 5. The molecule has 13 heteroatoms. The zero-order valence-electron chi connectivity index (χ0n) is 22.5. The molecule has 0 bridgehead atoms. The van der Waals surface area contributed by atoms with Gasteiger partial charge in [-0.05, 0) is 46.3 Å². The van der Waals surface area contributed by atoms with E-state index in [-0.39, 0.29) is 17.5 Å². The van der Waals surface area contributed by atoms with Crippen LogP contribution in [0.25, 0.3) is 22.7 Å². The molecule has 1 atom stereocenters. The minimum absolute atomic E-state index is 0.0850. The van der Waals surface area contributed by atoms with Crippen LogP contribution in [0.15, 0.2) is 91.4 Å². The highest BCUT2D eigenvalue weighted by Crippen LogP contribution is 2.35. The fourth-order valence-corrected chi connectivity index (χ4v) is 5.19. The number of hydrogen-bond acceptors (Lipinski definition) is 8. The number of anilines is 1. The van der Waals surface area contributed by atoms with Crippen molar-refractivity contribution in [2.24, 2.45) is 0 Å². The topological polar surface area (TPSA) is 143 Å². The molecule has 0 saturated heterocycles. The van der Waals surface area contributed by atoms with Crippen molar-refractivity contribution >= 4 is 40.7 Å². The lowest BCUT2D eigenvalue weighted by molar-refractivity contribution is 0.135. The Labute approximate surface area is 255 Å². The summed E-state index contributed by atoms with van der Waals surface area (Å²) in [5.74, 6) is 0.517. The van der Waals surface area contributed by atoms with Crippen LogP contribution in [-0.2, 0) is 17.8 Å². The molecule has 0 aliphatic carbocycles. The predicted octanol–water partition coefficient (Wildman–Crippen LogP) is 6.41. The Bertz CT molecular complexity index is 1840. The molecule has 0 spiro atoms. The number of aliphatic hydroxyl groups is 1. The maximum atomic E-state index is 13.1. The lowest BCUT2D eigenvalue weighted by Gasteiger charge is -2.18. The van der Waals surface area contributed by atoms with E-state index in [0.29, 0.717) is 51.0 Å². The van der Waals surface area contributed by atoms with Gasteiger partial charge >= 0.3 is 6.09 Å². The second-order valence-electron chi connectivity index (χ2n) is 9.72. The number of H-pyrrole nitrogens is 1. The number of carbonyl (C=O) groups is 1. The molecule has 1 aliphatic heterocycles. The molecule has 2 aromatic heterocycles. The van der Waals surface area contributed by atoms with Crippen LogP contribution in [0.5, 0.6) is 0 Å². The van der Waals surface area contributed by atoms with Crippen LogP contribution < -0.4 is 10.6 Å². The fraction of sp³-hybridized carbons (Fsp3) is 0.100. The van der Waals surface area contributed by atoms with Crippen LogP contribution in [0.2, 0.25) is 10.2 Å². The highest BCUT2D eigenvalue weighted by Gasteiger charge is 2.24. The average molecular weight is 615 g/mol. The lowest BCUT2D eigenvalue weighted by atomic mass is 10.0. The summed E-state index contributed by atoms with van der Waals surface area (Å²) in [6.45, 7) is 3.76. The van der Waals surface area contributed by atoms with Crippen molar-refractivity contribution < 1.29 is 14.6 Å². The molecule has 4 N–H and O–H groups in total. The van der Waals surface area contributed by atoms with Crippen LogP contribution in [0.1, 0.15) is 28.6 Å². The largest absolute Gasteiger partial charge is 0.507 e. The minimum Gasteiger partial charge on any atom is -0.507 e. The normalized spacial score (nSPS) is 13.1. The van der Waals surface area contributed by atoms with Gasteiger partial charge in [-0.15, -0.1) is 5.10 Å². The summed E-state index contributed by atoms with van der Waals surface area (Å²) in [5.41, 5.74) is 5.24. The third-order valence-corrected chi connectivity index (χ3v) is 7.26. The number of aromatic amines is 1. The number of allylic oxidation sites excluding steroid dienone is 1. The van der Waals surface area contributed by atoms with Gasteiger partial charge < -0.3 is 25.5 Å². The predicted molar refractivity (Wildman–Crippen MR) is 163 cm³/mol. The van der Waals surface area contributed by atoms with Crippen molar-refractivity contribution in [2.45, 2.75) is 19.1 Å².